The average molecular weight is 192 g/mol. The number of carbonyl (C=O) groups is 1. The number of amides is 1. The standard InChI is InChI=1S/C9H8N2O3/c10-4-6(9(11)13)3-7-1-2-8(5-12)14-7/h1-3,12H,5H2,(H2,11,13)/b6-3+. The first kappa shape index (κ1) is 10.0. The van der Waals surface area contributed by atoms with E-state index in [1.807, 2.05) is 0 Å². The fraction of sp³-hybridized carbons (Fsp3) is 0.111. The minimum atomic E-state index is -0.811. The summed E-state index contributed by atoms with van der Waals surface area (Å²) in [6.07, 6.45) is 1.22. The number of hydrogen-bond donors (Lipinski definition) is 2. The summed E-state index contributed by atoms with van der Waals surface area (Å²) < 4.78 is 5.03. The Bertz CT molecular complexity index is 412. The Labute approximate surface area is 80.0 Å². The summed E-state index contributed by atoms with van der Waals surface area (Å²) in [6, 6.07) is 4.72. The molecule has 0 atom stereocenters. The number of aliphatic hydroxyl groups is 1. The van der Waals surface area contributed by atoms with Crippen molar-refractivity contribution in [3.8, 4) is 6.07 Å². The normalized spacial score (nSPS) is 11.0. The number of nitriles is 1. The molecule has 1 rings (SSSR count). The zero-order chi connectivity index (χ0) is 10.6. The predicted molar refractivity (Wildman–Crippen MR) is 47.4 cm³/mol. The maximum atomic E-state index is 10.7. The third-order valence-electron chi connectivity index (χ3n) is 1.51. The van der Waals surface area contributed by atoms with E-state index in [1.165, 1.54) is 12.1 Å². The van der Waals surface area contributed by atoms with Gasteiger partial charge in [-0.1, -0.05) is 0 Å². The molecule has 0 saturated carbocycles. The number of aliphatic hydroxyl groups excluding tert-OH is 1. The molecule has 1 aromatic rings. The van der Waals surface area contributed by atoms with Crippen LogP contribution in [-0.4, -0.2) is 11.0 Å². The maximum absolute atomic E-state index is 10.7. The number of primary amides is 1. The number of furan rings is 1. The zero-order valence-electron chi connectivity index (χ0n) is 7.23. The molecule has 1 amide bonds. The van der Waals surface area contributed by atoms with Crippen molar-refractivity contribution in [2.45, 2.75) is 6.61 Å². The topological polar surface area (TPSA) is 100 Å². The monoisotopic (exact) mass is 192 g/mol. The van der Waals surface area contributed by atoms with Gasteiger partial charge in [0.15, 0.2) is 0 Å². The third-order valence-corrected chi connectivity index (χ3v) is 1.51. The third kappa shape index (κ3) is 2.21. The van der Waals surface area contributed by atoms with Gasteiger partial charge >= 0.3 is 0 Å². The molecule has 5 heteroatoms. The Morgan fingerprint density at radius 3 is 2.86 bits per heavy atom. The molecule has 0 aliphatic carbocycles. The smallest absolute Gasteiger partial charge is 0.259 e. The second kappa shape index (κ2) is 4.25. The van der Waals surface area contributed by atoms with Crippen LogP contribution in [0.15, 0.2) is 22.1 Å². The van der Waals surface area contributed by atoms with Gasteiger partial charge < -0.3 is 15.3 Å². The lowest BCUT2D eigenvalue weighted by atomic mass is 10.2. The van der Waals surface area contributed by atoms with Crippen LogP contribution in [0.3, 0.4) is 0 Å². The molecule has 14 heavy (non-hydrogen) atoms. The summed E-state index contributed by atoms with van der Waals surface area (Å²) in [7, 11) is 0. The van der Waals surface area contributed by atoms with Crippen LogP contribution in [0, 0.1) is 11.3 Å². The van der Waals surface area contributed by atoms with Gasteiger partial charge in [0.05, 0.1) is 0 Å². The number of hydrogen-bond acceptors (Lipinski definition) is 4. The molecule has 0 radical (unpaired) electrons. The van der Waals surface area contributed by atoms with Crippen molar-refractivity contribution in [1.82, 2.24) is 0 Å². The van der Waals surface area contributed by atoms with Crippen LogP contribution in [-0.2, 0) is 11.4 Å². The van der Waals surface area contributed by atoms with Gasteiger partial charge in [-0.2, -0.15) is 5.26 Å². The molecular formula is C9H8N2O3. The van der Waals surface area contributed by atoms with E-state index in [9.17, 15) is 4.79 Å². The molecule has 72 valence electrons. The Balaban J connectivity index is 2.96. The van der Waals surface area contributed by atoms with Crippen molar-refractivity contribution < 1.29 is 14.3 Å². The van der Waals surface area contributed by atoms with E-state index in [0.717, 1.165) is 0 Å². The van der Waals surface area contributed by atoms with Crippen molar-refractivity contribution in [2.75, 3.05) is 0 Å². The average Bonchev–Trinajstić information content (AvgIpc) is 2.61. The van der Waals surface area contributed by atoms with Gasteiger partial charge in [0, 0.05) is 6.08 Å². The Hall–Kier alpha value is -2.06. The van der Waals surface area contributed by atoms with Gasteiger partial charge in [-0.3, -0.25) is 4.79 Å². The summed E-state index contributed by atoms with van der Waals surface area (Å²) in [4.78, 5) is 10.7. The van der Waals surface area contributed by atoms with Crippen molar-refractivity contribution in [1.29, 1.82) is 5.26 Å². The highest BCUT2D eigenvalue weighted by Crippen LogP contribution is 2.11. The largest absolute Gasteiger partial charge is 0.459 e. The van der Waals surface area contributed by atoms with Gasteiger partial charge in [-0.15, -0.1) is 0 Å². The zero-order valence-corrected chi connectivity index (χ0v) is 7.23. The Morgan fingerprint density at radius 2 is 2.43 bits per heavy atom. The fourth-order valence-corrected chi connectivity index (χ4v) is 0.858. The van der Waals surface area contributed by atoms with Crippen molar-refractivity contribution in [3.63, 3.8) is 0 Å². The summed E-state index contributed by atoms with van der Waals surface area (Å²) >= 11 is 0. The summed E-state index contributed by atoms with van der Waals surface area (Å²) in [5, 5.41) is 17.2. The fourth-order valence-electron chi connectivity index (χ4n) is 0.858. The lowest BCUT2D eigenvalue weighted by Crippen LogP contribution is -2.12. The molecule has 1 heterocycles. The SMILES string of the molecule is N#C/C(=C\c1ccc(CO)o1)C(N)=O. The van der Waals surface area contributed by atoms with Crippen LogP contribution in [0.25, 0.3) is 6.08 Å². The second-order valence-electron chi connectivity index (χ2n) is 2.50. The van der Waals surface area contributed by atoms with Crippen LogP contribution in [0.5, 0.6) is 0 Å². The van der Waals surface area contributed by atoms with E-state index in [2.05, 4.69) is 0 Å². The first-order valence-corrected chi connectivity index (χ1v) is 3.78. The minimum Gasteiger partial charge on any atom is -0.459 e. The molecule has 0 aromatic carbocycles. The summed E-state index contributed by atoms with van der Waals surface area (Å²) in [6.45, 7) is -0.230. The molecule has 0 aliphatic rings. The van der Waals surface area contributed by atoms with E-state index < -0.39 is 5.91 Å². The highest BCUT2D eigenvalue weighted by molar-refractivity contribution is 6.00. The van der Waals surface area contributed by atoms with Crippen LogP contribution in [0.1, 0.15) is 11.5 Å². The van der Waals surface area contributed by atoms with Crippen molar-refractivity contribution in [3.05, 3.63) is 29.2 Å². The van der Waals surface area contributed by atoms with Gasteiger partial charge in [0.1, 0.15) is 29.8 Å². The number of carbonyl (C=O) groups excluding carboxylic acids is 1. The maximum Gasteiger partial charge on any atom is 0.259 e. The molecule has 1 aromatic heterocycles. The van der Waals surface area contributed by atoms with Crippen LogP contribution in [0.2, 0.25) is 0 Å². The molecule has 0 spiro atoms. The lowest BCUT2D eigenvalue weighted by molar-refractivity contribution is -0.114. The number of rotatable bonds is 3. The van der Waals surface area contributed by atoms with Crippen LogP contribution in [0.4, 0.5) is 0 Å². The molecular weight excluding hydrogens is 184 g/mol. The van der Waals surface area contributed by atoms with Crippen LogP contribution < -0.4 is 5.73 Å². The highest BCUT2D eigenvalue weighted by Gasteiger charge is 2.05. The number of nitrogens with zero attached hydrogens (tertiary/aromatic N) is 1. The minimum absolute atomic E-state index is 0.191. The van der Waals surface area contributed by atoms with E-state index >= 15 is 0 Å². The molecule has 3 N–H and O–H groups in total. The molecule has 0 bridgehead atoms. The molecule has 0 aliphatic heterocycles. The summed E-state index contributed by atoms with van der Waals surface area (Å²) in [5.74, 6) is -0.142. The van der Waals surface area contributed by atoms with E-state index in [4.69, 9.17) is 20.5 Å². The lowest BCUT2D eigenvalue weighted by Gasteiger charge is -1.89. The molecule has 5 nitrogen and oxygen atoms in total. The van der Waals surface area contributed by atoms with E-state index in [-0.39, 0.29) is 12.2 Å². The first-order chi connectivity index (χ1) is 6.67. The second-order valence-corrected chi connectivity index (χ2v) is 2.50. The van der Waals surface area contributed by atoms with Gasteiger partial charge in [-0.25, -0.2) is 0 Å². The highest BCUT2D eigenvalue weighted by atomic mass is 16.4. The predicted octanol–water partition coefficient (Wildman–Crippen LogP) is 0.164. The first-order valence-electron chi connectivity index (χ1n) is 3.78. The van der Waals surface area contributed by atoms with Crippen LogP contribution >= 0.6 is 0 Å². The van der Waals surface area contributed by atoms with Gasteiger partial charge in [0.25, 0.3) is 5.91 Å². The molecule has 0 unspecified atom stereocenters. The Morgan fingerprint density at radius 1 is 1.71 bits per heavy atom. The molecule has 0 saturated heterocycles. The van der Waals surface area contributed by atoms with E-state index in [0.29, 0.717) is 11.5 Å². The molecule has 0 fully saturated rings. The van der Waals surface area contributed by atoms with E-state index in [1.54, 1.807) is 12.1 Å². The quantitative estimate of drug-likeness (QED) is 0.526. The van der Waals surface area contributed by atoms with Crippen molar-refractivity contribution in [2.24, 2.45) is 5.73 Å². The number of nitrogens with two attached hydrogens (primary N) is 1. The van der Waals surface area contributed by atoms with Crippen molar-refractivity contribution >= 4 is 12.0 Å². The van der Waals surface area contributed by atoms with Gasteiger partial charge in [0.2, 0.25) is 0 Å². The Kier molecular flexibility index (Phi) is 3.05. The van der Waals surface area contributed by atoms with Gasteiger partial charge in [-0.05, 0) is 12.1 Å². The summed E-state index contributed by atoms with van der Waals surface area (Å²) in [5.41, 5.74) is 4.72.